The highest BCUT2D eigenvalue weighted by Gasteiger charge is 2.06. The first-order chi connectivity index (χ1) is 9.92. The summed E-state index contributed by atoms with van der Waals surface area (Å²) in [7, 11) is -1.00. The van der Waals surface area contributed by atoms with E-state index < -0.39 is 9.84 Å². The van der Waals surface area contributed by atoms with Crippen molar-refractivity contribution in [2.45, 2.75) is 13.5 Å². The second-order valence-corrected chi connectivity index (χ2v) is 7.43. The van der Waals surface area contributed by atoms with Gasteiger partial charge in [-0.3, -0.25) is 0 Å². The van der Waals surface area contributed by atoms with Gasteiger partial charge in [0.2, 0.25) is 0 Å². The first-order valence-electron chi connectivity index (χ1n) is 7.20. The maximum atomic E-state index is 11.1. The smallest absolute Gasteiger partial charge is 0.148 e. The highest BCUT2D eigenvalue weighted by atomic mass is 32.2. The number of rotatable bonds is 10. The summed E-state index contributed by atoms with van der Waals surface area (Å²) in [5, 5.41) is 3.28. The molecule has 21 heavy (non-hydrogen) atoms. The minimum atomic E-state index is -2.90. The minimum Gasteiger partial charge on any atom is -0.492 e. The molecule has 0 saturated heterocycles. The predicted octanol–water partition coefficient (Wildman–Crippen LogP) is 1.15. The molecule has 0 spiro atoms. The number of nitrogens with one attached hydrogen (secondary N) is 1. The first kappa shape index (κ1) is 17.9. The Morgan fingerprint density at radius 2 is 1.95 bits per heavy atom. The Kier molecular flexibility index (Phi) is 7.71. The van der Waals surface area contributed by atoms with E-state index >= 15 is 0 Å². The number of hydrogen-bond acceptors (Lipinski definition) is 5. The third kappa shape index (κ3) is 8.04. The fraction of sp³-hybridized carbons (Fsp3) is 0.600. The van der Waals surface area contributed by atoms with Crippen LogP contribution in [0.4, 0.5) is 0 Å². The van der Waals surface area contributed by atoms with Crippen LogP contribution in [0, 0.1) is 0 Å². The third-order valence-electron chi connectivity index (χ3n) is 3.11. The van der Waals surface area contributed by atoms with Crippen LogP contribution in [0.15, 0.2) is 24.3 Å². The van der Waals surface area contributed by atoms with Crippen LogP contribution in [0.25, 0.3) is 0 Å². The zero-order valence-electron chi connectivity index (χ0n) is 13.1. The van der Waals surface area contributed by atoms with Gasteiger partial charge in [0, 0.05) is 31.5 Å². The van der Waals surface area contributed by atoms with Crippen molar-refractivity contribution in [2.75, 3.05) is 45.3 Å². The predicted molar refractivity (Wildman–Crippen MR) is 86.5 cm³/mol. The molecule has 0 unspecified atom stereocenters. The van der Waals surface area contributed by atoms with Crippen LogP contribution < -0.4 is 10.1 Å². The summed E-state index contributed by atoms with van der Waals surface area (Å²) in [4.78, 5) is 1.97. The van der Waals surface area contributed by atoms with Crippen LogP contribution in [-0.4, -0.2) is 58.6 Å². The van der Waals surface area contributed by atoms with Gasteiger partial charge in [-0.2, -0.15) is 0 Å². The Balaban J connectivity index is 2.38. The van der Waals surface area contributed by atoms with Gasteiger partial charge in [-0.05, 0) is 19.7 Å². The van der Waals surface area contributed by atoms with Gasteiger partial charge in [0.1, 0.15) is 22.2 Å². The summed E-state index contributed by atoms with van der Waals surface area (Å²) < 4.78 is 28.0. The molecule has 0 aliphatic heterocycles. The van der Waals surface area contributed by atoms with Crippen molar-refractivity contribution in [2.24, 2.45) is 0 Å². The lowest BCUT2D eigenvalue weighted by Gasteiger charge is -2.17. The van der Waals surface area contributed by atoms with E-state index in [2.05, 4.69) is 12.2 Å². The molecule has 5 nitrogen and oxygen atoms in total. The fourth-order valence-electron chi connectivity index (χ4n) is 1.80. The van der Waals surface area contributed by atoms with Crippen molar-refractivity contribution in [3.8, 4) is 5.75 Å². The topological polar surface area (TPSA) is 58.6 Å². The van der Waals surface area contributed by atoms with Crippen molar-refractivity contribution < 1.29 is 13.2 Å². The molecule has 1 rings (SSSR count). The van der Waals surface area contributed by atoms with Crippen molar-refractivity contribution >= 4 is 9.84 Å². The molecule has 0 amide bonds. The Morgan fingerprint density at radius 1 is 1.24 bits per heavy atom. The highest BCUT2D eigenvalue weighted by molar-refractivity contribution is 7.90. The normalized spacial score (nSPS) is 11.8. The quantitative estimate of drug-likeness (QED) is 0.702. The molecular weight excluding hydrogens is 288 g/mol. The van der Waals surface area contributed by atoms with Crippen LogP contribution in [0.1, 0.15) is 12.5 Å². The van der Waals surface area contributed by atoms with Crippen LogP contribution in [-0.2, 0) is 16.4 Å². The molecule has 0 radical (unpaired) electrons. The monoisotopic (exact) mass is 314 g/mol. The van der Waals surface area contributed by atoms with E-state index in [0.717, 1.165) is 24.4 Å². The lowest BCUT2D eigenvalue weighted by atomic mass is 10.2. The van der Waals surface area contributed by atoms with Crippen LogP contribution in [0.5, 0.6) is 5.75 Å². The van der Waals surface area contributed by atoms with Crippen LogP contribution >= 0.6 is 0 Å². The Hall–Kier alpha value is -1.11. The van der Waals surface area contributed by atoms with Crippen LogP contribution in [0.2, 0.25) is 0 Å². The van der Waals surface area contributed by atoms with Crippen molar-refractivity contribution in [1.82, 2.24) is 10.2 Å². The van der Waals surface area contributed by atoms with Gasteiger partial charge in [-0.25, -0.2) is 8.42 Å². The second-order valence-electron chi connectivity index (χ2n) is 5.17. The van der Waals surface area contributed by atoms with Gasteiger partial charge < -0.3 is 15.0 Å². The van der Waals surface area contributed by atoms with E-state index in [9.17, 15) is 8.42 Å². The molecule has 1 aromatic rings. The van der Waals surface area contributed by atoms with Crippen LogP contribution in [0.3, 0.4) is 0 Å². The molecule has 0 fully saturated rings. The maximum Gasteiger partial charge on any atom is 0.148 e. The summed E-state index contributed by atoms with van der Waals surface area (Å²) in [5.74, 6) is 1.07. The van der Waals surface area contributed by atoms with Gasteiger partial charge >= 0.3 is 0 Å². The molecule has 0 heterocycles. The molecular formula is C15H26N2O3S. The number of ether oxygens (including phenoxy) is 1. The van der Waals surface area contributed by atoms with Crippen molar-refractivity contribution in [3.05, 3.63) is 29.8 Å². The second kappa shape index (κ2) is 9.02. The van der Waals surface area contributed by atoms with Gasteiger partial charge in [-0.1, -0.05) is 25.1 Å². The van der Waals surface area contributed by atoms with E-state index in [1.165, 1.54) is 6.26 Å². The molecule has 0 bridgehead atoms. The van der Waals surface area contributed by atoms with E-state index in [1.54, 1.807) is 0 Å². The van der Waals surface area contributed by atoms with Gasteiger partial charge in [0.05, 0.1) is 5.75 Å². The fourth-order valence-corrected chi connectivity index (χ4v) is 2.44. The standard InChI is InChI=1S/C15H26N2O3S/c1-4-16-13-14-7-5-6-8-15(14)20-11-9-17(2)10-12-21(3,18)19/h5-8,16H,4,9-13H2,1-3H3. The number of para-hydroxylation sites is 1. The van der Waals surface area contributed by atoms with E-state index in [0.29, 0.717) is 19.7 Å². The van der Waals surface area contributed by atoms with Gasteiger partial charge in [0.25, 0.3) is 0 Å². The zero-order chi connectivity index (χ0) is 15.7. The summed E-state index contributed by atoms with van der Waals surface area (Å²) in [5.41, 5.74) is 1.14. The van der Waals surface area contributed by atoms with Gasteiger partial charge in [-0.15, -0.1) is 0 Å². The number of likely N-dealkylation sites (N-methyl/N-ethyl adjacent to an activating group) is 1. The summed E-state index contributed by atoms with van der Waals surface area (Å²) in [6.45, 7) is 5.55. The van der Waals surface area contributed by atoms with E-state index in [-0.39, 0.29) is 5.75 Å². The Morgan fingerprint density at radius 3 is 2.62 bits per heavy atom. The molecule has 0 aliphatic carbocycles. The molecule has 0 aromatic heterocycles. The lowest BCUT2D eigenvalue weighted by Crippen LogP contribution is -2.29. The minimum absolute atomic E-state index is 0.181. The summed E-state index contributed by atoms with van der Waals surface area (Å²) >= 11 is 0. The Labute approximate surface area is 128 Å². The first-order valence-corrected chi connectivity index (χ1v) is 9.26. The number of benzene rings is 1. The lowest BCUT2D eigenvalue weighted by molar-refractivity contribution is 0.242. The molecule has 120 valence electrons. The molecule has 0 atom stereocenters. The number of sulfone groups is 1. The average molecular weight is 314 g/mol. The largest absolute Gasteiger partial charge is 0.492 e. The summed E-state index contributed by atoms with van der Waals surface area (Å²) in [6, 6.07) is 7.96. The van der Waals surface area contributed by atoms with Crippen molar-refractivity contribution in [3.63, 3.8) is 0 Å². The van der Waals surface area contributed by atoms with Gasteiger partial charge in [0.15, 0.2) is 0 Å². The molecule has 0 saturated carbocycles. The number of hydrogen-bond donors (Lipinski definition) is 1. The molecule has 1 N–H and O–H groups in total. The van der Waals surface area contributed by atoms with E-state index in [1.807, 2.05) is 36.2 Å². The zero-order valence-corrected chi connectivity index (χ0v) is 13.9. The highest BCUT2D eigenvalue weighted by Crippen LogP contribution is 2.17. The SMILES string of the molecule is CCNCc1ccccc1OCCN(C)CCS(C)(=O)=O. The molecule has 0 aliphatic rings. The third-order valence-corrected chi connectivity index (χ3v) is 4.04. The summed E-state index contributed by atoms with van der Waals surface area (Å²) in [6.07, 6.45) is 1.26. The molecule has 1 aromatic carbocycles. The van der Waals surface area contributed by atoms with E-state index in [4.69, 9.17) is 4.74 Å². The Bertz CT molecular complexity index is 517. The molecule has 6 heteroatoms. The van der Waals surface area contributed by atoms with Crippen molar-refractivity contribution in [1.29, 1.82) is 0 Å². The maximum absolute atomic E-state index is 11.1. The number of nitrogens with zero attached hydrogens (tertiary/aromatic N) is 1. The average Bonchev–Trinajstić information content (AvgIpc) is 2.43.